The molecule has 4 heteroatoms. The molecule has 0 saturated carbocycles. The molecule has 124 valence electrons. The molecule has 1 aliphatic carbocycles. The van der Waals surface area contributed by atoms with Crippen molar-refractivity contribution in [2.75, 3.05) is 5.32 Å². The lowest BCUT2D eigenvalue weighted by molar-refractivity contribution is 0.630. The third kappa shape index (κ3) is 4.46. The molecule has 0 bridgehead atoms. The van der Waals surface area contributed by atoms with E-state index in [0.717, 1.165) is 18.5 Å². The highest BCUT2D eigenvalue weighted by molar-refractivity contribution is 7.18. The predicted octanol–water partition coefficient (Wildman–Crippen LogP) is 4.61. The van der Waals surface area contributed by atoms with Gasteiger partial charge >= 0.3 is 0 Å². The molecule has 2 N–H and O–H groups in total. The Morgan fingerprint density at radius 3 is 2.29 bits per heavy atom. The van der Waals surface area contributed by atoms with Crippen molar-refractivity contribution in [1.29, 1.82) is 0 Å². The number of rotatable bonds is 6. The number of hydrogen-bond donors (Lipinski definition) is 2. The van der Waals surface area contributed by atoms with E-state index in [9.17, 15) is 4.39 Å². The third-order valence-corrected chi connectivity index (χ3v) is 4.71. The normalized spacial score (nSPS) is 16.6. The highest BCUT2D eigenvalue weighted by Gasteiger charge is 2.09. The first kappa shape index (κ1) is 16.7. The summed E-state index contributed by atoms with van der Waals surface area (Å²) in [4.78, 5) is 0. The molecule has 0 heterocycles. The number of benzene rings is 2. The summed E-state index contributed by atoms with van der Waals surface area (Å²) in [5.41, 5.74) is 4.63. The molecule has 2 aromatic rings. The molecule has 0 spiro atoms. The molecule has 0 radical (unpaired) electrons. The first-order chi connectivity index (χ1) is 11.7. The topological polar surface area (TPSA) is 24.1 Å². The van der Waals surface area contributed by atoms with E-state index in [1.54, 1.807) is 12.1 Å². The Hall–Kier alpha value is -2.12. The van der Waals surface area contributed by atoms with Gasteiger partial charge in [-0.15, -0.1) is 9.24 Å². The van der Waals surface area contributed by atoms with Crippen LogP contribution in [0, 0.1) is 5.82 Å². The maximum Gasteiger partial charge on any atom is 0.146 e. The Kier molecular flexibility index (Phi) is 5.66. The van der Waals surface area contributed by atoms with Gasteiger partial charge in [-0.2, -0.15) is 0 Å². The minimum atomic E-state index is -0.222. The largest absolute Gasteiger partial charge is 0.384 e. The maximum atomic E-state index is 13.6. The van der Waals surface area contributed by atoms with Crippen molar-refractivity contribution < 1.29 is 4.39 Å². The van der Waals surface area contributed by atoms with Crippen molar-refractivity contribution in [3.8, 4) is 0 Å². The van der Waals surface area contributed by atoms with Gasteiger partial charge in [0.25, 0.3) is 0 Å². The smallest absolute Gasteiger partial charge is 0.146 e. The fourth-order valence-electron chi connectivity index (χ4n) is 2.62. The Balaban J connectivity index is 1.53. The van der Waals surface area contributed by atoms with Crippen molar-refractivity contribution in [2.45, 2.75) is 25.2 Å². The van der Waals surface area contributed by atoms with Crippen LogP contribution in [0.25, 0.3) is 0 Å². The standard InChI is InChI=1S/C20H22FN2P/c21-17-5-1-2-6-18(17)22-13-15-9-11-16(12-10-15)14-23-19-7-3-4-8-20(19)24/h1-7,9-12,20,22-23H,8,13-14,24H2. The van der Waals surface area contributed by atoms with Crippen LogP contribution >= 0.6 is 9.24 Å². The highest BCUT2D eigenvalue weighted by atomic mass is 31.0. The van der Waals surface area contributed by atoms with Crippen LogP contribution in [0.3, 0.4) is 0 Å². The van der Waals surface area contributed by atoms with Crippen LogP contribution in [0.5, 0.6) is 0 Å². The van der Waals surface area contributed by atoms with Crippen molar-refractivity contribution >= 4 is 14.9 Å². The number of para-hydroxylation sites is 1. The van der Waals surface area contributed by atoms with E-state index in [4.69, 9.17) is 0 Å². The van der Waals surface area contributed by atoms with E-state index in [2.05, 4.69) is 62.4 Å². The average Bonchev–Trinajstić information content (AvgIpc) is 2.61. The monoisotopic (exact) mass is 340 g/mol. The molecule has 2 atom stereocenters. The van der Waals surface area contributed by atoms with Gasteiger partial charge in [-0.25, -0.2) is 4.39 Å². The molecular weight excluding hydrogens is 318 g/mol. The van der Waals surface area contributed by atoms with Crippen LogP contribution in [0.2, 0.25) is 0 Å². The van der Waals surface area contributed by atoms with E-state index in [1.165, 1.54) is 17.3 Å². The summed E-state index contributed by atoms with van der Waals surface area (Å²) in [6.45, 7) is 1.42. The molecule has 2 nitrogen and oxygen atoms in total. The van der Waals surface area contributed by atoms with Gasteiger partial charge in [-0.05, 0) is 35.8 Å². The SMILES string of the molecule is Fc1ccccc1NCc1ccc(CNC2=CC=CCC2P)cc1. The number of allylic oxidation sites excluding steroid dienone is 4. The Labute approximate surface area is 145 Å². The van der Waals surface area contributed by atoms with Gasteiger partial charge in [0.2, 0.25) is 0 Å². The second-order valence-electron chi connectivity index (χ2n) is 5.90. The van der Waals surface area contributed by atoms with Gasteiger partial charge < -0.3 is 10.6 Å². The van der Waals surface area contributed by atoms with Crippen LogP contribution in [-0.4, -0.2) is 5.66 Å². The van der Waals surface area contributed by atoms with Gasteiger partial charge in [0.15, 0.2) is 0 Å². The third-order valence-electron chi connectivity index (χ3n) is 4.08. The fourth-order valence-corrected chi connectivity index (χ4v) is 3.00. The molecule has 0 saturated heterocycles. The molecule has 2 aromatic carbocycles. The summed E-state index contributed by atoms with van der Waals surface area (Å²) in [5, 5.41) is 6.62. The quantitative estimate of drug-likeness (QED) is 0.750. The summed E-state index contributed by atoms with van der Waals surface area (Å²) >= 11 is 0. The molecule has 0 aromatic heterocycles. The molecule has 0 fully saturated rings. The summed E-state index contributed by atoms with van der Waals surface area (Å²) in [6.07, 6.45) is 7.47. The van der Waals surface area contributed by atoms with Crippen molar-refractivity contribution in [3.63, 3.8) is 0 Å². The number of halogens is 1. The Morgan fingerprint density at radius 2 is 1.62 bits per heavy atom. The number of anilines is 1. The van der Waals surface area contributed by atoms with E-state index >= 15 is 0 Å². The highest BCUT2D eigenvalue weighted by Crippen LogP contribution is 2.19. The van der Waals surface area contributed by atoms with Crippen LogP contribution in [0.1, 0.15) is 17.5 Å². The number of nitrogens with one attached hydrogen (secondary N) is 2. The van der Waals surface area contributed by atoms with E-state index in [1.807, 2.05) is 6.07 Å². The molecule has 24 heavy (non-hydrogen) atoms. The van der Waals surface area contributed by atoms with Crippen LogP contribution in [0.15, 0.2) is 72.5 Å². The summed E-state index contributed by atoms with van der Waals surface area (Å²) in [7, 11) is 2.87. The summed E-state index contributed by atoms with van der Waals surface area (Å²) < 4.78 is 13.6. The summed E-state index contributed by atoms with van der Waals surface area (Å²) in [6, 6.07) is 15.1. The second-order valence-corrected chi connectivity index (χ2v) is 6.70. The van der Waals surface area contributed by atoms with Gasteiger partial charge in [-0.1, -0.05) is 48.6 Å². The molecule has 1 aliphatic rings. The Bertz CT molecular complexity index is 738. The van der Waals surface area contributed by atoms with Crippen molar-refractivity contribution in [2.24, 2.45) is 0 Å². The zero-order valence-electron chi connectivity index (χ0n) is 13.5. The molecule has 0 aliphatic heterocycles. The van der Waals surface area contributed by atoms with Gasteiger partial charge in [0, 0.05) is 24.4 Å². The first-order valence-corrected chi connectivity index (χ1v) is 8.81. The van der Waals surface area contributed by atoms with Crippen LogP contribution in [0.4, 0.5) is 10.1 Å². The van der Waals surface area contributed by atoms with E-state index in [0.29, 0.717) is 17.9 Å². The van der Waals surface area contributed by atoms with Crippen molar-refractivity contribution in [1.82, 2.24) is 5.32 Å². The minimum Gasteiger partial charge on any atom is -0.384 e. The van der Waals surface area contributed by atoms with Crippen LogP contribution < -0.4 is 10.6 Å². The zero-order chi connectivity index (χ0) is 16.8. The fraction of sp³-hybridized carbons (Fsp3) is 0.200. The summed E-state index contributed by atoms with van der Waals surface area (Å²) in [5.74, 6) is -0.222. The lowest BCUT2D eigenvalue weighted by Gasteiger charge is -2.19. The van der Waals surface area contributed by atoms with E-state index < -0.39 is 0 Å². The lowest BCUT2D eigenvalue weighted by Crippen LogP contribution is -2.21. The van der Waals surface area contributed by atoms with Crippen LogP contribution in [-0.2, 0) is 13.1 Å². The van der Waals surface area contributed by atoms with Gasteiger partial charge in [0.1, 0.15) is 5.82 Å². The van der Waals surface area contributed by atoms with E-state index in [-0.39, 0.29) is 5.82 Å². The zero-order valence-corrected chi connectivity index (χ0v) is 14.7. The predicted molar refractivity (Wildman–Crippen MR) is 102 cm³/mol. The van der Waals surface area contributed by atoms with Crippen molar-refractivity contribution in [3.05, 3.63) is 89.4 Å². The maximum absolute atomic E-state index is 13.6. The number of hydrogen-bond acceptors (Lipinski definition) is 2. The van der Waals surface area contributed by atoms with Gasteiger partial charge in [0.05, 0.1) is 5.69 Å². The molecular formula is C20H22FN2P. The first-order valence-electron chi connectivity index (χ1n) is 8.15. The molecule has 0 amide bonds. The average molecular weight is 340 g/mol. The minimum absolute atomic E-state index is 0.222. The lowest BCUT2D eigenvalue weighted by atomic mass is 10.1. The van der Waals surface area contributed by atoms with Gasteiger partial charge in [-0.3, -0.25) is 0 Å². The second kappa shape index (κ2) is 8.12. The molecule has 3 rings (SSSR count). The molecule has 2 unspecified atom stereocenters. The Morgan fingerprint density at radius 1 is 0.958 bits per heavy atom.